The average Bonchev–Trinajstić information content (AvgIpc) is 3.56. The van der Waals surface area contributed by atoms with Gasteiger partial charge in [-0.15, -0.1) is 5.10 Å². The maximum Gasteiger partial charge on any atom is 0.422 e. The number of nitrogens with one attached hydrogen (secondary N) is 1. The van der Waals surface area contributed by atoms with Crippen molar-refractivity contribution < 1.29 is 31.5 Å². The second-order valence-corrected chi connectivity index (χ2v) is 7.98. The molecule has 1 aliphatic rings. The SMILES string of the molecule is Cc1cccc(F)c1NC(=O)c1cc(F)c(-n2nc(C3CC3)n(C)c2=O)cc1OCC(F)(F)F. The summed E-state index contributed by atoms with van der Waals surface area (Å²) in [7, 11) is 1.46. The van der Waals surface area contributed by atoms with Gasteiger partial charge in [0.05, 0.1) is 11.3 Å². The molecule has 34 heavy (non-hydrogen) atoms. The lowest BCUT2D eigenvalue weighted by atomic mass is 10.1. The molecule has 0 aliphatic heterocycles. The molecule has 0 bridgehead atoms. The van der Waals surface area contributed by atoms with Gasteiger partial charge in [0.25, 0.3) is 5.91 Å². The van der Waals surface area contributed by atoms with Gasteiger partial charge in [-0.1, -0.05) is 12.1 Å². The number of hydrogen-bond donors (Lipinski definition) is 1. The standard InChI is InChI=1S/C22H19F5N4O3/c1-11-4-3-5-14(23)18(11)28-20(32)13-8-15(24)16(9-17(13)34-10-22(25,26)27)31-21(33)30(2)19(29-31)12-6-7-12/h3-5,8-9,12H,6-7,10H2,1-2H3,(H,28,32). The van der Waals surface area contributed by atoms with Crippen molar-refractivity contribution >= 4 is 11.6 Å². The molecule has 1 amide bonds. The molecular formula is C22H19F5N4O3. The number of hydrogen-bond acceptors (Lipinski definition) is 4. The summed E-state index contributed by atoms with van der Waals surface area (Å²) < 4.78 is 74.4. The zero-order valence-electron chi connectivity index (χ0n) is 18.0. The highest BCUT2D eigenvalue weighted by molar-refractivity contribution is 6.06. The Balaban J connectivity index is 1.77. The molecule has 4 rings (SSSR count). The third kappa shape index (κ3) is 4.66. The van der Waals surface area contributed by atoms with Crippen molar-refractivity contribution in [3.05, 3.63) is 69.4 Å². The maximum absolute atomic E-state index is 15.0. The van der Waals surface area contributed by atoms with Gasteiger partial charge in [0.2, 0.25) is 0 Å². The minimum atomic E-state index is -4.76. The summed E-state index contributed by atoms with van der Waals surface area (Å²) in [6.07, 6.45) is -3.14. The van der Waals surface area contributed by atoms with Gasteiger partial charge in [-0.2, -0.15) is 17.9 Å². The summed E-state index contributed by atoms with van der Waals surface area (Å²) >= 11 is 0. The topological polar surface area (TPSA) is 78.2 Å². The minimum absolute atomic E-state index is 0.0389. The van der Waals surface area contributed by atoms with E-state index in [0.717, 1.165) is 25.0 Å². The number of nitrogens with zero attached hydrogens (tertiary/aromatic N) is 3. The molecule has 180 valence electrons. The molecule has 1 aliphatic carbocycles. The van der Waals surface area contributed by atoms with E-state index in [4.69, 9.17) is 4.74 Å². The third-order valence-corrected chi connectivity index (χ3v) is 5.33. The molecule has 0 saturated heterocycles. The quantitative estimate of drug-likeness (QED) is 0.534. The van der Waals surface area contributed by atoms with Crippen LogP contribution in [0.15, 0.2) is 35.1 Å². The number of rotatable bonds is 6. The van der Waals surface area contributed by atoms with E-state index in [1.165, 1.54) is 30.7 Å². The summed E-state index contributed by atoms with van der Waals surface area (Å²) in [4.78, 5) is 25.4. The number of halogens is 5. The fourth-order valence-electron chi connectivity index (χ4n) is 3.44. The maximum atomic E-state index is 15.0. The van der Waals surface area contributed by atoms with Crippen LogP contribution in [0.1, 0.15) is 40.5 Å². The Kier molecular flexibility index (Phi) is 5.92. The van der Waals surface area contributed by atoms with Crippen molar-refractivity contribution in [1.82, 2.24) is 14.3 Å². The number of alkyl halides is 3. The van der Waals surface area contributed by atoms with E-state index >= 15 is 4.39 Å². The van der Waals surface area contributed by atoms with Crippen LogP contribution in [0.5, 0.6) is 5.75 Å². The summed E-state index contributed by atoms with van der Waals surface area (Å²) in [6, 6.07) is 5.43. The van der Waals surface area contributed by atoms with Gasteiger partial charge in [0.15, 0.2) is 6.61 Å². The van der Waals surface area contributed by atoms with Gasteiger partial charge in [0, 0.05) is 19.0 Å². The molecule has 0 spiro atoms. The molecule has 1 saturated carbocycles. The predicted octanol–water partition coefficient (Wildman–Crippen LogP) is 4.23. The number of benzene rings is 2. The second-order valence-electron chi connectivity index (χ2n) is 7.98. The molecule has 12 heteroatoms. The van der Waals surface area contributed by atoms with Crippen LogP contribution in [0.25, 0.3) is 5.69 Å². The molecule has 1 aromatic heterocycles. The first kappa shape index (κ1) is 23.5. The molecule has 2 aromatic carbocycles. The number of para-hydroxylation sites is 1. The van der Waals surface area contributed by atoms with Crippen molar-refractivity contribution in [2.24, 2.45) is 7.05 Å². The van der Waals surface area contributed by atoms with E-state index in [1.807, 2.05) is 0 Å². The van der Waals surface area contributed by atoms with Crippen LogP contribution in [0.4, 0.5) is 27.6 Å². The Bertz CT molecular complexity index is 1310. The van der Waals surface area contributed by atoms with E-state index in [9.17, 15) is 27.2 Å². The van der Waals surface area contributed by atoms with E-state index < -0.39 is 53.0 Å². The van der Waals surface area contributed by atoms with Gasteiger partial charge in [-0.3, -0.25) is 9.36 Å². The fraction of sp³-hybridized carbons (Fsp3) is 0.318. The van der Waals surface area contributed by atoms with Crippen molar-refractivity contribution in [3.8, 4) is 11.4 Å². The lowest BCUT2D eigenvalue weighted by Gasteiger charge is -2.16. The normalized spacial score (nSPS) is 13.7. The van der Waals surface area contributed by atoms with E-state index in [0.29, 0.717) is 22.1 Å². The lowest BCUT2D eigenvalue weighted by Crippen LogP contribution is -2.24. The first-order valence-electron chi connectivity index (χ1n) is 10.2. The van der Waals surface area contributed by atoms with Gasteiger partial charge in [0.1, 0.15) is 28.9 Å². The van der Waals surface area contributed by atoms with Gasteiger partial charge in [-0.05, 0) is 37.5 Å². The lowest BCUT2D eigenvalue weighted by molar-refractivity contribution is -0.153. The third-order valence-electron chi connectivity index (χ3n) is 5.33. The van der Waals surface area contributed by atoms with Gasteiger partial charge < -0.3 is 10.1 Å². The molecule has 0 radical (unpaired) electrons. The van der Waals surface area contributed by atoms with E-state index in [2.05, 4.69) is 10.4 Å². The number of carbonyl (C=O) groups excluding carboxylic acids is 1. The van der Waals surface area contributed by atoms with Crippen LogP contribution < -0.4 is 15.7 Å². The summed E-state index contributed by atoms with van der Waals surface area (Å²) in [6.45, 7) is -0.268. The fourth-order valence-corrected chi connectivity index (χ4v) is 3.44. The van der Waals surface area contributed by atoms with Crippen LogP contribution in [0.3, 0.4) is 0 Å². The van der Waals surface area contributed by atoms with E-state index in [-0.39, 0.29) is 11.6 Å². The first-order valence-corrected chi connectivity index (χ1v) is 10.2. The number of anilines is 1. The smallest absolute Gasteiger partial charge is 0.422 e. The number of carbonyl (C=O) groups is 1. The number of aryl methyl sites for hydroxylation is 1. The number of amides is 1. The van der Waals surface area contributed by atoms with Crippen molar-refractivity contribution in [2.45, 2.75) is 31.9 Å². The molecule has 1 fully saturated rings. The molecule has 1 N–H and O–H groups in total. The molecule has 0 unspecified atom stereocenters. The number of aromatic nitrogens is 3. The molecule has 3 aromatic rings. The monoisotopic (exact) mass is 482 g/mol. The van der Waals surface area contributed by atoms with Gasteiger partial charge in [-0.25, -0.2) is 13.6 Å². The Hall–Kier alpha value is -3.70. The van der Waals surface area contributed by atoms with Crippen molar-refractivity contribution in [2.75, 3.05) is 11.9 Å². The zero-order valence-corrected chi connectivity index (χ0v) is 18.0. The first-order chi connectivity index (χ1) is 16.0. The Morgan fingerprint density at radius 2 is 1.91 bits per heavy atom. The zero-order chi connectivity index (χ0) is 24.8. The second kappa shape index (κ2) is 8.58. The number of ether oxygens (including phenoxy) is 1. The Morgan fingerprint density at radius 3 is 2.53 bits per heavy atom. The van der Waals surface area contributed by atoms with Gasteiger partial charge >= 0.3 is 11.9 Å². The average molecular weight is 482 g/mol. The summed E-state index contributed by atoms with van der Waals surface area (Å²) in [5.74, 6) is -3.17. The molecule has 0 atom stereocenters. The van der Waals surface area contributed by atoms with Crippen LogP contribution >= 0.6 is 0 Å². The van der Waals surface area contributed by atoms with Crippen LogP contribution in [-0.2, 0) is 7.05 Å². The highest BCUT2D eigenvalue weighted by Crippen LogP contribution is 2.38. The van der Waals surface area contributed by atoms with Crippen LogP contribution in [-0.4, -0.2) is 33.0 Å². The van der Waals surface area contributed by atoms with Crippen molar-refractivity contribution in [3.63, 3.8) is 0 Å². The van der Waals surface area contributed by atoms with Crippen LogP contribution in [0, 0.1) is 18.6 Å². The summed E-state index contributed by atoms with van der Waals surface area (Å²) in [5, 5.41) is 6.35. The molecule has 7 nitrogen and oxygen atoms in total. The summed E-state index contributed by atoms with van der Waals surface area (Å²) in [5.41, 5.74) is -1.67. The highest BCUT2D eigenvalue weighted by atomic mass is 19.4. The van der Waals surface area contributed by atoms with Crippen LogP contribution in [0.2, 0.25) is 0 Å². The largest absolute Gasteiger partial charge is 0.483 e. The Morgan fingerprint density at radius 1 is 1.21 bits per heavy atom. The molecule has 1 heterocycles. The minimum Gasteiger partial charge on any atom is -0.483 e. The van der Waals surface area contributed by atoms with E-state index in [1.54, 1.807) is 0 Å². The molecular weight excluding hydrogens is 463 g/mol. The Labute approximate surface area is 189 Å². The highest BCUT2D eigenvalue weighted by Gasteiger charge is 2.32. The predicted molar refractivity (Wildman–Crippen MR) is 111 cm³/mol. The van der Waals surface area contributed by atoms with Crippen molar-refractivity contribution in [1.29, 1.82) is 0 Å².